The molecule has 0 aliphatic heterocycles. The van der Waals surface area contributed by atoms with Crippen molar-refractivity contribution in [1.82, 2.24) is 10.2 Å². The van der Waals surface area contributed by atoms with Crippen molar-refractivity contribution in [2.24, 2.45) is 0 Å². The van der Waals surface area contributed by atoms with Crippen LogP contribution in [0.2, 0.25) is 0 Å². The molecular formula is C21H12BrF2N3O4S2. The predicted molar refractivity (Wildman–Crippen MR) is 122 cm³/mol. The van der Waals surface area contributed by atoms with Crippen LogP contribution in [0, 0.1) is 11.6 Å². The van der Waals surface area contributed by atoms with Gasteiger partial charge in [0.25, 0.3) is 5.91 Å². The lowest BCUT2D eigenvalue weighted by Gasteiger charge is -2.08. The van der Waals surface area contributed by atoms with Crippen LogP contribution in [0.15, 0.2) is 76.1 Å². The van der Waals surface area contributed by atoms with Gasteiger partial charge >= 0.3 is 10.1 Å². The van der Waals surface area contributed by atoms with Crippen LogP contribution >= 0.6 is 27.3 Å². The normalized spacial score (nSPS) is 11.2. The van der Waals surface area contributed by atoms with E-state index in [0.717, 1.165) is 29.5 Å². The van der Waals surface area contributed by atoms with E-state index < -0.39 is 33.2 Å². The molecular weight excluding hydrogens is 540 g/mol. The molecule has 0 fully saturated rings. The number of amides is 1. The average Bonchev–Trinajstić information content (AvgIpc) is 3.22. The topological polar surface area (TPSA) is 98.3 Å². The summed E-state index contributed by atoms with van der Waals surface area (Å²) in [5.74, 6) is -2.84. The van der Waals surface area contributed by atoms with Gasteiger partial charge in [-0.05, 0) is 42.5 Å². The Hall–Kier alpha value is -3.22. The minimum Gasteiger partial charge on any atom is -0.379 e. The second-order valence-corrected chi connectivity index (χ2v) is 9.83. The van der Waals surface area contributed by atoms with E-state index in [2.05, 4.69) is 31.4 Å². The van der Waals surface area contributed by atoms with Crippen molar-refractivity contribution in [3.8, 4) is 16.3 Å². The third-order valence-electron chi connectivity index (χ3n) is 4.24. The SMILES string of the molecule is O=C(Nc1nnc(-c2ccc(S(=O)(=O)Oc3ccccc3)cc2Br)s1)c1c(F)cccc1F. The maximum absolute atomic E-state index is 13.8. The van der Waals surface area contributed by atoms with E-state index in [1.54, 1.807) is 18.2 Å². The second-order valence-electron chi connectivity index (χ2n) is 6.46. The summed E-state index contributed by atoms with van der Waals surface area (Å²) in [5, 5.41) is 10.4. The molecule has 1 heterocycles. The number of hydrogen-bond acceptors (Lipinski definition) is 7. The summed E-state index contributed by atoms with van der Waals surface area (Å²) in [5.41, 5.74) is -0.243. The minimum atomic E-state index is -4.07. The van der Waals surface area contributed by atoms with Gasteiger partial charge in [-0.3, -0.25) is 10.1 Å². The van der Waals surface area contributed by atoms with Crippen LogP contribution in [-0.2, 0) is 10.1 Å². The molecule has 33 heavy (non-hydrogen) atoms. The zero-order valence-electron chi connectivity index (χ0n) is 16.3. The van der Waals surface area contributed by atoms with Crippen LogP contribution in [0.3, 0.4) is 0 Å². The van der Waals surface area contributed by atoms with E-state index in [1.807, 2.05) is 0 Å². The van der Waals surface area contributed by atoms with Gasteiger partial charge in [0.15, 0.2) is 5.01 Å². The molecule has 1 amide bonds. The molecule has 1 aromatic heterocycles. The molecule has 0 saturated carbocycles. The molecule has 12 heteroatoms. The highest BCUT2D eigenvalue weighted by Gasteiger charge is 2.21. The zero-order valence-corrected chi connectivity index (χ0v) is 19.5. The van der Waals surface area contributed by atoms with Gasteiger partial charge in [0, 0.05) is 10.0 Å². The van der Waals surface area contributed by atoms with Crippen LogP contribution in [0.5, 0.6) is 5.75 Å². The van der Waals surface area contributed by atoms with Gasteiger partial charge in [-0.15, -0.1) is 10.2 Å². The lowest BCUT2D eigenvalue weighted by atomic mass is 10.2. The summed E-state index contributed by atoms with van der Waals surface area (Å²) in [7, 11) is -4.07. The molecule has 0 aliphatic carbocycles. The Morgan fingerprint density at radius 3 is 2.33 bits per heavy atom. The monoisotopic (exact) mass is 551 g/mol. The largest absolute Gasteiger partial charge is 0.379 e. The zero-order chi connectivity index (χ0) is 23.6. The summed E-state index contributed by atoms with van der Waals surface area (Å²) in [4.78, 5) is 12.1. The Morgan fingerprint density at radius 1 is 0.970 bits per heavy atom. The first-order chi connectivity index (χ1) is 15.7. The quantitative estimate of drug-likeness (QED) is 0.328. The van der Waals surface area contributed by atoms with Crippen LogP contribution < -0.4 is 9.50 Å². The summed E-state index contributed by atoms with van der Waals surface area (Å²) in [6.45, 7) is 0. The molecule has 0 saturated heterocycles. The minimum absolute atomic E-state index is 0.00802. The Labute approximate surface area is 199 Å². The van der Waals surface area contributed by atoms with Crippen LogP contribution in [0.4, 0.5) is 13.9 Å². The van der Waals surface area contributed by atoms with Crippen molar-refractivity contribution >= 4 is 48.4 Å². The van der Waals surface area contributed by atoms with E-state index >= 15 is 0 Å². The maximum atomic E-state index is 13.8. The number of halogens is 3. The summed E-state index contributed by atoms with van der Waals surface area (Å²) in [6.07, 6.45) is 0. The van der Waals surface area contributed by atoms with Gasteiger partial charge in [0.05, 0.1) is 0 Å². The highest BCUT2D eigenvalue weighted by molar-refractivity contribution is 9.10. The van der Waals surface area contributed by atoms with Gasteiger partial charge in [-0.1, -0.05) is 51.5 Å². The van der Waals surface area contributed by atoms with E-state index in [0.29, 0.717) is 15.0 Å². The van der Waals surface area contributed by atoms with Gasteiger partial charge in [0.1, 0.15) is 27.8 Å². The average molecular weight is 552 g/mol. The molecule has 0 radical (unpaired) electrons. The maximum Gasteiger partial charge on any atom is 0.339 e. The summed E-state index contributed by atoms with van der Waals surface area (Å²) in [6, 6.07) is 15.3. The number of carbonyl (C=O) groups excluding carboxylic acids is 1. The van der Waals surface area contributed by atoms with Crippen LogP contribution in [0.1, 0.15) is 10.4 Å². The summed E-state index contributed by atoms with van der Waals surface area (Å²) >= 11 is 4.25. The van der Waals surface area contributed by atoms with E-state index in [1.165, 1.54) is 30.3 Å². The molecule has 0 unspecified atom stereocenters. The number of nitrogens with one attached hydrogen (secondary N) is 1. The number of anilines is 1. The number of hydrogen-bond donors (Lipinski definition) is 1. The van der Waals surface area contributed by atoms with Crippen molar-refractivity contribution in [3.05, 3.63) is 88.4 Å². The molecule has 0 aliphatic rings. The summed E-state index contributed by atoms with van der Waals surface area (Å²) < 4.78 is 58.2. The van der Waals surface area contributed by atoms with Gasteiger partial charge in [0.2, 0.25) is 5.13 Å². The first kappa shape index (κ1) is 23.0. The Balaban J connectivity index is 1.54. The fourth-order valence-corrected chi connectivity index (χ4v) is 5.32. The molecule has 0 spiro atoms. The van der Waals surface area contributed by atoms with Gasteiger partial charge in [-0.2, -0.15) is 8.42 Å². The molecule has 3 aromatic carbocycles. The molecule has 0 atom stereocenters. The Bertz CT molecular complexity index is 1430. The predicted octanol–water partition coefficient (Wildman–Crippen LogP) is 5.27. The molecule has 4 rings (SSSR count). The highest BCUT2D eigenvalue weighted by atomic mass is 79.9. The van der Waals surface area contributed by atoms with E-state index in [-0.39, 0.29) is 15.8 Å². The molecule has 7 nitrogen and oxygen atoms in total. The van der Waals surface area contributed by atoms with Crippen molar-refractivity contribution in [2.75, 3.05) is 5.32 Å². The van der Waals surface area contributed by atoms with Crippen molar-refractivity contribution in [1.29, 1.82) is 0 Å². The second kappa shape index (κ2) is 9.33. The number of benzene rings is 3. The highest BCUT2D eigenvalue weighted by Crippen LogP contribution is 2.34. The van der Waals surface area contributed by atoms with Gasteiger partial charge in [-0.25, -0.2) is 8.78 Å². The first-order valence-electron chi connectivity index (χ1n) is 9.13. The van der Waals surface area contributed by atoms with Crippen molar-refractivity contribution in [2.45, 2.75) is 4.90 Å². The fourth-order valence-electron chi connectivity index (χ4n) is 2.73. The number of carbonyl (C=O) groups is 1. The third-order valence-corrected chi connectivity index (χ3v) is 7.02. The number of aromatic nitrogens is 2. The molecule has 0 bridgehead atoms. The fraction of sp³-hybridized carbons (Fsp3) is 0. The molecule has 168 valence electrons. The van der Waals surface area contributed by atoms with E-state index in [9.17, 15) is 22.0 Å². The smallest absolute Gasteiger partial charge is 0.339 e. The van der Waals surface area contributed by atoms with Crippen molar-refractivity contribution in [3.63, 3.8) is 0 Å². The van der Waals surface area contributed by atoms with Gasteiger partial charge < -0.3 is 4.18 Å². The number of para-hydroxylation sites is 1. The Morgan fingerprint density at radius 2 is 1.67 bits per heavy atom. The third kappa shape index (κ3) is 5.07. The van der Waals surface area contributed by atoms with E-state index in [4.69, 9.17) is 4.18 Å². The lowest BCUT2D eigenvalue weighted by Crippen LogP contribution is -2.15. The first-order valence-corrected chi connectivity index (χ1v) is 12.1. The molecule has 4 aromatic rings. The lowest BCUT2D eigenvalue weighted by molar-refractivity contribution is 0.101. The van der Waals surface area contributed by atoms with Crippen molar-refractivity contribution < 1.29 is 26.2 Å². The standard InChI is InChI=1S/C21H12BrF2N3O4S2/c22-15-11-13(33(29,30)31-12-5-2-1-3-6-12)9-10-14(15)20-26-27-21(32-20)25-19(28)18-16(23)7-4-8-17(18)24/h1-11H,(H,25,27,28). The number of rotatable bonds is 6. The number of nitrogens with zero attached hydrogens (tertiary/aromatic N) is 2. The van der Waals surface area contributed by atoms with Crippen LogP contribution in [-0.4, -0.2) is 24.5 Å². The van der Waals surface area contributed by atoms with Crippen LogP contribution in [0.25, 0.3) is 10.6 Å². The Kier molecular flexibility index (Phi) is 6.49. The molecule has 1 N–H and O–H groups in total.